The fourth-order valence-electron chi connectivity index (χ4n) is 2.74. The summed E-state index contributed by atoms with van der Waals surface area (Å²) in [6.45, 7) is 3.13. The number of nitrogens with two attached hydrogens (primary N) is 2. The average molecular weight is 183 g/mol. The summed E-state index contributed by atoms with van der Waals surface area (Å²) in [6, 6.07) is 0. The van der Waals surface area contributed by atoms with Gasteiger partial charge in [-0.3, -0.25) is 4.79 Å². The van der Waals surface area contributed by atoms with Gasteiger partial charge in [0.05, 0.1) is 0 Å². The summed E-state index contributed by atoms with van der Waals surface area (Å²) in [5, 5.41) is 0. The molecule has 1 atom stereocenters. The molecule has 4 heteroatoms. The molecule has 0 radical (unpaired) electrons. The van der Waals surface area contributed by atoms with Crippen molar-refractivity contribution in [3.63, 3.8) is 0 Å². The van der Waals surface area contributed by atoms with E-state index in [4.69, 9.17) is 11.5 Å². The maximum atomic E-state index is 10.9. The smallest absolute Gasteiger partial charge is 0.219 e. The number of hydrogen-bond donors (Lipinski definition) is 2. The number of piperidine rings is 3. The van der Waals surface area contributed by atoms with Crippen molar-refractivity contribution < 1.29 is 4.79 Å². The molecular weight excluding hydrogens is 166 g/mol. The maximum Gasteiger partial charge on any atom is 0.219 e. The molecule has 2 bridgehead atoms. The van der Waals surface area contributed by atoms with E-state index in [0.29, 0.717) is 12.3 Å². The zero-order valence-electron chi connectivity index (χ0n) is 7.83. The third kappa shape index (κ3) is 1.56. The van der Waals surface area contributed by atoms with Gasteiger partial charge in [-0.25, -0.2) is 0 Å². The van der Waals surface area contributed by atoms with Crippen LogP contribution in [0.3, 0.4) is 0 Å². The monoisotopic (exact) mass is 183 g/mol. The Kier molecular flexibility index (Phi) is 2.04. The number of primary amides is 1. The first-order valence-electron chi connectivity index (χ1n) is 4.90. The van der Waals surface area contributed by atoms with Crippen LogP contribution in [0.2, 0.25) is 0 Å². The van der Waals surface area contributed by atoms with E-state index in [1.54, 1.807) is 0 Å². The van der Waals surface area contributed by atoms with Crippen molar-refractivity contribution in [3.8, 4) is 0 Å². The fraction of sp³-hybridized carbons (Fsp3) is 0.889. The maximum absolute atomic E-state index is 10.9. The number of rotatable bonds is 2. The third-order valence-electron chi connectivity index (χ3n) is 3.42. The Morgan fingerprint density at radius 1 is 1.46 bits per heavy atom. The lowest BCUT2D eigenvalue weighted by Gasteiger charge is -2.51. The Balaban J connectivity index is 2.09. The normalized spacial score (nSPS) is 43.5. The zero-order valence-corrected chi connectivity index (χ0v) is 7.83. The van der Waals surface area contributed by atoms with Crippen LogP contribution in [0.25, 0.3) is 0 Å². The summed E-state index contributed by atoms with van der Waals surface area (Å²) >= 11 is 0. The molecule has 0 spiro atoms. The molecule has 1 unspecified atom stereocenters. The minimum Gasteiger partial charge on any atom is -0.370 e. The minimum absolute atomic E-state index is 0.267. The highest BCUT2D eigenvalue weighted by Crippen LogP contribution is 2.35. The first kappa shape index (κ1) is 8.97. The second kappa shape index (κ2) is 2.96. The number of carbonyl (C=O) groups is 1. The van der Waals surface area contributed by atoms with Crippen LogP contribution in [0.1, 0.15) is 19.3 Å². The summed E-state index contributed by atoms with van der Waals surface area (Å²) in [6.07, 6.45) is 2.60. The van der Waals surface area contributed by atoms with Crippen molar-refractivity contribution in [1.29, 1.82) is 0 Å². The van der Waals surface area contributed by atoms with E-state index < -0.39 is 0 Å². The van der Waals surface area contributed by atoms with E-state index in [0.717, 1.165) is 32.5 Å². The Morgan fingerprint density at radius 2 is 2.08 bits per heavy atom. The molecule has 1 amide bonds. The minimum atomic E-state index is -0.331. The highest BCUT2D eigenvalue weighted by molar-refractivity contribution is 5.75. The summed E-state index contributed by atoms with van der Waals surface area (Å²) in [7, 11) is 0. The number of nitrogens with zero attached hydrogens (tertiary/aromatic N) is 1. The molecule has 0 aromatic carbocycles. The molecule has 3 rings (SSSR count). The first-order valence-corrected chi connectivity index (χ1v) is 4.90. The Labute approximate surface area is 78.2 Å². The van der Waals surface area contributed by atoms with Gasteiger partial charge in [0.2, 0.25) is 5.91 Å². The molecule has 4 nitrogen and oxygen atoms in total. The Hall–Kier alpha value is -0.610. The zero-order chi connectivity index (χ0) is 9.47. The molecule has 0 aromatic rings. The van der Waals surface area contributed by atoms with E-state index in [-0.39, 0.29) is 11.4 Å². The molecule has 13 heavy (non-hydrogen) atoms. The van der Waals surface area contributed by atoms with Crippen LogP contribution in [0.5, 0.6) is 0 Å². The van der Waals surface area contributed by atoms with Crippen LogP contribution in [-0.2, 0) is 4.79 Å². The molecule has 3 saturated heterocycles. The van der Waals surface area contributed by atoms with Crippen LogP contribution in [0.15, 0.2) is 0 Å². The van der Waals surface area contributed by atoms with Gasteiger partial charge >= 0.3 is 0 Å². The van der Waals surface area contributed by atoms with Gasteiger partial charge in [-0.2, -0.15) is 0 Å². The molecule has 3 aliphatic heterocycles. The summed E-state index contributed by atoms with van der Waals surface area (Å²) in [5.74, 6) is 0.237. The van der Waals surface area contributed by atoms with Gasteiger partial charge in [0.1, 0.15) is 0 Å². The second-order valence-electron chi connectivity index (χ2n) is 4.43. The molecule has 3 heterocycles. The Morgan fingerprint density at radius 3 is 2.46 bits per heavy atom. The van der Waals surface area contributed by atoms with Crippen molar-refractivity contribution in [2.75, 3.05) is 19.6 Å². The standard InChI is InChI=1S/C9H17N3O/c10-8(13)5-9(11)6-12-3-1-7(9)2-4-12/h7H,1-6,11H2,(H2,10,13). The molecule has 0 saturated carbocycles. The lowest BCUT2D eigenvalue weighted by atomic mass is 9.71. The molecular formula is C9H17N3O. The van der Waals surface area contributed by atoms with Crippen molar-refractivity contribution in [3.05, 3.63) is 0 Å². The quantitative estimate of drug-likeness (QED) is 0.593. The topological polar surface area (TPSA) is 72.3 Å². The summed E-state index contributed by atoms with van der Waals surface area (Å²) < 4.78 is 0. The molecule has 0 aromatic heterocycles. The summed E-state index contributed by atoms with van der Waals surface area (Å²) in [5.41, 5.74) is 11.1. The fourth-order valence-corrected chi connectivity index (χ4v) is 2.74. The van der Waals surface area contributed by atoms with Crippen LogP contribution < -0.4 is 11.5 Å². The number of carbonyl (C=O) groups excluding carboxylic acids is 1. The van der Waals surface area contributed by atoms with Crippen LogP contribution >= 0.6 is 0 Å². The third-order valence-corrected chi connectivity index (χ3v) is 3.42. The lowest BCUT2D eigenvalue weighted by Crippen LogP contribution is -2.65. The van der Waals surface area contributed by atoms with Gasteiger partial charge < -0.3 is 16.4 Å². The molecule has 3 aliphatic rings. The predicted octanol–water partition coefficient (Wildman–Crippen LogP) is -0.715. The largest absolute Gasteiger partial charge is 0.370 e. The SMILES string of the molecule is NC(=O)CC1(N)CN2CCC1CC2. The van der Waals surface area contributed by atoms with Gasteiger partial charge in [0, 0.05) is 18.5 Å². The number of hydrogen-bond acceptors (Lipinski definition) is 3. The molecule has 0 aliphatic carbocycles. The highest BCUT2D eigenvalue weighted by Gasteiger charge is 2.44. The van der Waals surface area contributed by atoms with Crippen molar-refractivity contribution >= 4 is 5.91 Å². The van der Waals surface area contributed by atoms with E-state index >= 15 is 0 Å². The molecule has 4 N–H and O–H groups in total. The van der Waals surface area contributed by atoms with E-state index in [1.165, 1.54) is 0 Å². The van der Waals surface area contributed by atoms with Crippen LogP contribution in [-0.4, -0.2) is 36.0 Å². The van der Waals surface area contributed by atoms with Gasteiger partial charge in [-0.1, -0.05) is 0 Å². The van der Waals surface area contributed by atoms with Gasteiger partial charge in [-0.15, -0.1) is 0 Å². The van der Waals surface area contributed by atoms with E-state index in [1.807, 2.05) is 0 Å². The molecule has 74 valence electrons. The second-order valence-corrected chi connectivity index (χ2v) is 4.43. The number of fused-ring (bicyclic) bond motifs is 3. The number of amides is 1. The Bertz CT molecular complexity index is 223. The van der Waals surface area contributed by atoms with Crippen molar-refractivity contribution in [2.45, 2.75) is 24.8 Å². The van der Waals surface area contributed by atoms with Gasteiger partial charge in [0.15, 0.2) is 0 Å². The van der Waals surface area contributed by atoms with Gasteiger partial charge in [0.25, 0.3) is 0 Å². The highest BCUT2D eigenvalue weighted by atomic mass is 16.1. The van der Waals surface area contributed by atoms with Crippen molar-refractivity contribution in [1.82, 2.24) is 4.90 Å². The van der Waals surface area contributed by atoms with Crippen molar-refractivity contribution in [2.24, 2.45) is 17.4 Å². The van der Waals surface area contributed by atoms with E-state index in [9.17, 15) is 4.79 Å². The lowest BCUT2D eigenvalue weighted by molar-refractivity contribution is -0.121. The average Bonchev–Trinajstić information content (AvgIpc) is 2.03. The first-order chi connectivity index (χ1) is 6.10. The van der Waals surface area contributed by atoms with Crippen LogP contribution in [0.4, 0.5) is 0 Å². The predicted molar refractivity (Wildman–Crippen MR) is 49.9 cm³/mol. The summed E-state index contributed by atoms with van der Waals surface area (Å²) in [4.78, 5) is 13.2. The molecule has 3 fully saturated rings. The van der Waals surface area contributed by atoms with Crippen LogP contribution in [0, 0.1) is 5.92 Å². The van der Waals surface area contributed by atoms with E-state index in [2.05, 4.69) is 4.90 Å². The van der Waals surface area contributed by atoms with Gasteiger partial charge in [-0.05, 0) is 31.8 Å².